The molecule has 2 aliphatic heterocycles. The largest absolute Gasteiger partial charge is 0.444 e. The van der Waals surface area contributed by atoms with E-state index >= 15 is 0 Å². The zero-order valence-electron chi connectivity index (χ0n) is 32.9. The first kappa shape index (κ1) is 42.3. The Balaban J connectivity index is 1.43. The summed E-state index contributed by atoms with van der Waals surface area (Å²) < 4.78 is 53.2. The van der Waals surface area contributed by atoms with E-state index in [0.29, 0.717) is 24.0 Å². The summed E-state index contributed by atoms with van der Waals surface area (Å²) in [5, 5.41) is 4.54. The van der Waals surface area contributed by atoms with Crippen LogP contribution in [0, 0.1) is 17.2 Å². The minimum atomic E-state index is -3.98. The lowest BCUT2D eigenvalue weighted by atomic mass is 9.80. The van der Waals surface area contributed by atoms with E-state index in [0.717, 1.165) is 10.5 Å². The third-order valence-electron chi connectivity index (χ3n) is 10.3. The number of fused-ring (bicyclic) bond motifs is 1. The van der Waals surface area contributed by atoms with Gasteiger partial charge in [-0.2, -0.15) is 0 Å². The van der Waals surface area contributed by atoms with Crippen molar-refractivity contribution in [3.63, 3.8) is 0 Å². The number of carbonyl (C=O) groups is 6. The molecule has 5 atom stereocenters. The first-order valence-electron chi connectivity index (χ1n) is 18.7. The van der Waals surface area contributed by atoms with E-state index in [1.807, 2.05) is 0 Å². The van der Waals surface area contributed by atoms with Gasteiger partial charge in [0.15, 0.2) is 5.78 Å². The molecule has 3 N–H and O–H groups in total. The Morgan fingerprint density at radius 3 is 2.32 bits per heavy atom. The number of alkyl carbamates (subject to hydrolysis) is 1. The average molecular weight is 802 g/mol. The molecule has 2 heterocycles. The summed E-state index contributed by atoms with van der Waals surface area (Å²) >= 11 is 0. The zero-order valence-corrected chi connectivity index (χ0v) is 33.7. The number of ether oxygens (including phenoxy) is 2. The molecule has 15 nitrogen and oxygen atoms in total. The fourth-order valence-electron chi connectivity index (χ4n) is 7.04. The molecule has 17 heteroatoms. The topological polar surface area (TPSA) is 198 Å². The van der Waals surface area contributed by atoms with Crippen LogP contribution in [0.4, 0.5) is 14.0 Å². The maximum absolute atomic E-state index is 14.6. The van der Waals surface area contributed by atoms with E-state index in [9.17, 15) is 41.6 Å². The highest BCUT2D eigenvalue weighted by molar-refractivity contribution is 7.91. The van der Waals surface area contributed by atoms with Crippen molar-refractivity contribution in [3.05, 3.63) is 59.4 Å². The molecule has 5 amide bonds. The minimum absolute atomic E-state index is 0.0446. The summed E-state index contributed by atoms with van der Waals surface area (Å²) in [4.78, 5) is 84.7. The van der Waals surface area contributed by atoms with E-state index in [2.05, 4.69) is 21.9 Å². The van der Waals surface area contributed by atoms with Gasteiger partial charge in [0.2, 0.25) is 21.8 Å². The van der Waals surface area contributed by atoms with Crippen LogP contribution in [-0.2, 0) is 51.8 Å². The Bertz CT molecular complexity index is 1950. The molecule has 0 spiro atoms. The van der Waals surface area contributed by atoms with Crippen molar-refractivity contribution >= 4 is 45.7 Å². The van der Waals surface area contributed by atoms with E-state index in [-0.39, 0.29) is 44.7 Å². The number of halogens is 1. The molecule has 2 saturated carbocycles. The molecule has 4 aliphatic rings. The number of ketones is 1. The van der Waals surface area contributed by atoms with Gasteiger partial charge in [-0.25, -0.2) is 22.4 Å². The van der Waals surface area contributed by atoms with E-state index in [1.54, 1.807) is 54.5 Å². The SMILES string of the molecule is C=C[C@@H]1C[C@]1(NC(=O)[C@@H]1C[C@@H](OC(=O)N2Cc3cccc(F)c3C2)CN1C(=O)[C@H](CC(C)(C)C(=O)C=C(C)C)NC(=O)OC(C)(C)C)C(=O)NS(=O)(=O)C1CC1. The number of sulfonamides is 1. The lowest BCUT2D eigenvalue weighted by molar-refractivity contribution is -0.142. The standard InChI is InChI=1S/C39H52FN5O10S/c1-9-24-17-39(24,34(49)43-56(52,53)26-13-14-26)42-32(47)30-16-25(54-36(51)44-19-23-11-10-12-28(40)27(23)21-44)20-45(30)33(48)29(41-35(50)55-37(4,5)6)18-38(7,8)31(46)15-22(2)3/h9-12,15,24-26,29-30H,1,13-14,16-21H2,2-8H3,(H,41,50)(H,42,47)(H,43,49)/t24-,25-,29+,30+,39-/m1/s1. The third-order valence-corrected chi connectivity index (χ3v) is 12.2. The maximum atomic E-state index is 14.6. The van der Waals surface area contributed by atoms with Crippen molar-refractivity contribution in [1.29, 1.82) is 0 Å². The lowest BCUT2D eigenvalue weighted by Gasteiger charge is -2.33. The molecule has 1 saturated heterocycles. The molecule has 0 unspecified atom stereocenters. The van der Waals surface area contributed by atoms with Crippen LogP contribution >= 0.6 is 0 Å². The number of benzene rings is 1. The van der Waals surface area contributed by atoms with Crippen LogP contribution in [0.25, 0.3) is 0 Å². The third kappa shape index (κ3) is 9.59. The average Bonchev–Trinajstić information content (AvgIpc) is 3.97. The smallest absolute Gasteiger partial charge is 0.410 e. The molecule has 0 bridgehead atoms. The van der Waals surface area contributed by atoms with Crippen LogP contribution in [0.15, 0.2) is 42.5 Å². The number of nitrogens with one attached hydrogen (secondary N) is 3. The van der Waals surface area contributed by atoms with Crippen LogP contribution < -0.4 is 15.4 Å². The van der Waals surface area contributed by atoms with Gasteiger partial charge in [0.1, 0.15) is 35.1 Å². The van der Waals surface area contributed by atoms with Gasteiger partial charge in [-0.3, -0.25) is 28.8 Å². The molecule has 56 heavy (non-hydrogen) atoms. The second-order valence-electron chi connectivity index (χ2n) is 17.0. The lowest BCUT2D eigenvalue weighted by Crippen LogP contribution is -2.59. The van der Waals surface area contributed by atoms with Gasteiger partial charge in [0, 0.05) is 29.9 Å². The zero-order chi connectivity index (χ0) is 41.5. The Labute approximate surface area is 326 Å². The molecule has 306 valence electrons. The quantitative estimate of drug-likeness (QED) is 0.195. The van der Waals surface area contributed by atoms with Crippen molar-refractivity contribution in [3.8, 4) is 0 Å². The maximum Gasteiger partial charge on any atom is 0.410 e. The number of hydrogen-bond donors (Lipinski definition) is 3. The second-order valence-corrected chi connectivity index (χ2v) is 19.0. The molecule has 5 rings (SSSR count). The number of carbonyl (C=O) groups excluding carboxylic acids is 6. The molecule has 3 fully saturated rings. The normalized spacial score (nSPS) is 23.6. The Morgan fingerprint density at radius 2 is 1.75 bits per heavy atom. The van der Waals surface area contributed by atoms with Crippen molar-refractivity contribution < 1.29 is 51.0 Å². The first-order valence-corrected chi connectivity index (χ1v) is 20.2. The fourth-order valence-corrected chi connectivity index (χ4v) is 8.40. The Hall–Kier alpha value is -4.80. The number of amides is 5. The molecule has 1 aromatic rings. The van der Waals surface area contributed by atoms with Crippen molar-refractivity contribution in [2.75, 3.05) is 6.54 Å². The van der Waals surface area contributed by atoms with Gasteiger partial charge in [-0.05, 0) is 78.0 Å². The highest BCUT2D eigenvalue weighted by atomic mass is 32.2. The summed E-state index contributed by atoms with van der Waals surface area (Å²) in [6, 6.07) is 1.72. The van der Waals surface area contributed by atoms with Crippen LogP contribution in [0.1, 0.15) is 91.7 Å². The predicted molar refractivity (Wildman–Crippen MR) is 201 cm³/mol. The van der Waals surface area contributed by atoms with E-state index in [1.165, 1.54) is 29.2 Å². The van der Waals surface area contributed by atoms with Crippen LogP contribution in [0.5, 0.6) is 0 Å². The minimum Gasteiger partial charge on any atom is -0.444 e. The number of nitrogens with zero attached hydrogens (tertiary/aromatic N) is 2. The Kier molecular flexibility index (Phi) is 11.8. The monoisotopic (exact) mass is 801 g/mol. The van der Waals surface area contributed by atoms with Gasteiger partial charge >= 0.3 is 12.2 Å². The summed E-state index contributed by atoms with van der Waals surface area (Å²) in [5.41, 5.74) is -2.15. The molecule has 2 aliphatic carbocycles. The predicted octanol–water partition coefficient (Wildman–Crippen LogP) is 3.76. The summed E-state index contributed by atoms with van der Waals surface area (Å²) in [7, 11) is -3.98. The van der Waals surface area contributed by atoms with Crippen LogP contribution in [0.2, 0.25) is 0 Å². The molecule has 1 aromatic carbocycles. The van der Waals surface area contributed by atoms with Gasteiger partial charge in [-0.1, -0.05) is 37.6 Å². The summed E-state index contributed by atoms with van der Waals surface area (Å²) in [5.74, 6) is -3.99. The molecule has 0 radical (unpaired) electrons. The van der Waals surface area contributed by atoms with Gasteiger partial charge in [-0.15, -0.1) is 6.58 Å². The van der Waals surface area contributed by atoms with Gasteiger partial charge in [0.25, 0.3) is 5.91 Å². The molecule has 0 aromatic heterocycles. The Morgan fingerprint density at radius 1 is 1.07 bits per heavy atom. The molecular formula is C39H52FN5O10S. The highest BCUT2D eigenvalue weighted by Crippen LogP contribution is 2.45. The van der Waals surface area contributed by atoms with Crippen LogP contribution in [-0.4, -0.2) is 95.0 Å². The van der Waals surface area contributed by atoms with E-state index in [4.69, 9.17) is 9.47 Å². The first-order chi connectivity index (χ1) is 26.0. The number of allylic oxidation sites excluding steroid dienone is 2. The highest BCUT2D eigenvalue weighted by Gasteiger charge is 2.62. The van der Waals surface area contributed by atoms with Crippen molar-refractivity contribution in [1.82, 2.24) is 25.2 Å². The molecular weight excluding hydrogens is 750 g/mol. The van der Waals surface area contributed by atoms with E-state index < -0.39 is 91.7 Å². The summed E-state index contributed by atoms with van der Waals surface area (Å²) in [6.45, 7) is 15.0. The second kappa shape index (κ2) is 15.6. The van der Waals surface area contributed by atoms with Crippen LogP contribution in [0.3, 0.4) is 0 Å². The van der Waals surface area contributed by atoms with Crippen molar-refractivity contribution in [2.45, 2.75) is 128 Å². The van der Waals surface area contributed by atoms with Crippen molar-refractivity contribution in [2.24, 2.45) is 11.3 Å². The summed E-state index contributed by atoms with van der Waals surface area (Å²) in [6.07, 6.45) is 0.401. The van der Waals surface area contributed by atoms with Gasteiger partial charge < -0.3 is 25.0 Å². The number of rotatable bonds is 13. The number of likely N-dealkylation sites (tertiary alicyclic amines) is 1. The van der Waals surface area contributed by atoms with Gasteiger partial charge in [0.05, 0.1) is 18.3 Å². The fraction of sp³-hybridized carbons (Fsp3) is 0.590. The number of hydrogen-bond acceptors (Lipinski definition) is 10.